The monoisotopic (exact) mass is 571 g/mol. The van der Waals surface area contributed by atoms with E-state index in [1.54, 1.807) is 55.5 Å². The number of halogens is 1. The van der Waals surface area contributed by atoms with Gasteiger partial charge in [-0.2, -0.15) is 0 Å². The topological polar surface area (TPSA) is 96.0 Å². The molecule has 0 aliphatic carbocycles. The predicted molar refractivity (Wildman–Crippen MR) is 155 cm³/mol. The maximum absolute atomic E-state index is 13.7. The van der Waals surface area contributed by atoms with Gasteiger partial charge in [0.1, 0.15) is 24.1 Å². The molecule has 0 aliphatic heterocycles. The minimum absolute atomic E-state index is 0.0368. The molecule has 0 heterocycles. The first-order valence-electron chi connectivity index (χ1n) is 12.6. The van der Waals surface area contributed by atoms with Crippen LogP contribution in [0.4, 0.5) is 5.69 Å². The fourth-order valence-corrected chi connectivity index (χ4v) is 4.82. The van der Waals surface area contributed by atoms with Crippen LogP contribution in [-0.4, -0.2) is 50.0 Å². The van der Waals surface area contributed by atoms with Crippen LogP contribution in [0.25, 0.3) is 0 Å². The second-order valence-electron chi connectivity index (χ2n) is 9.29. The molecule has 0 unspecified atom stereocenters. The molecule has 0 aromatic heterocycles. The van der Waals surface area contributed by atoms with E-state index in [1.165, 1.54) is 4.90 Å². The highest BCUT2D eigenvalue weighted by Gasteiger charge is 2.30. The van der Waals surface area contributed by atoms with Crippen molar-refractivity contribution >= 4 is 39.1 Å². The molecule has 0 saturated carbocycles. The third-order valence-corrected chi connectivity index (χ3v) is 7.76. The highest BCUT2D eigenvalue weighted by molar-refractivity contribution is 7.92. The summed E-state index contributed by atoms with van der Waals surface area (Å²) in [6.07, 6.45) is 1.76. The van der Waals surface area contributed by atoms with E-state index >= 15 is 0 Å². The summed E-state index contributed by atoms with van der Waals surface area (Å²) in [6.45, 7) is 4.98. The average Bonchev–Trinajstić information content (AvgIpc) is 2.91. The van der Waals surface area contributed by atoms with Crippen molar-refractivity contribution in [1.82, 2.24) is 10.2 Å². The molecule has 39 heavy (non-hydrogen) atoms. The summed E-state index contributed by atoms with van der Waals surface area (Å²) in [7, 11) is -3.85. The highest BCUT2D eigenvalue weighted by atomic mass is 35.5. The number of ether oxygens (including phenoxy) is 1. The first-order chi connectivity index (χ1) is 18.5. The van der Waals surface area contributed by atoms with Crippen molar-refractivity contribution in [3.05, 3.63) is 89.4 Å². The number of rotatable bonds is 12. The maximum atomic E-state index is 13.7. The Morgan fingerprint density at radius 3 is 2.10 bits per heavy atom. The molecule has 0 fully saturated rings. The van der Waals surface area contributed by atoms with E-state index in [2.05, 4.69) is 5.32 Å². The Morgan fingerprint density at radius 1 is 0.923 bits per heavy atom. The Bertz CT molecular complexity index is 1370. The fraction of sp³-hybridized carbons (Fsp3) is 0.310. The fourth-order valence-electron chi connectivity index (χ4n) is 3.78. The van der Waals surface area contributed by atoms with Crippen LogP contribution < -0.4 is 14.4 Å². The molecular formula is C29H34ClN3O5S. The lowest BCUT2D eigenvalue weighted by Gasteiger charge is -2.32. The molecule has 0 aliphatic rings. The summed E-state index contributed by atoms with van der Waals surface area (Å²) in [6, 6.07) is 21.7. The number of anilines is 1. The SMILES string of the molecule is CC[C@H](C)NC(=O)[C@@H](C)N(Cc1ccccc1Cl)C(=O)CN(c1ccc(Oc2ccccc2)cc1)S(C)(=O)=O. The van der Waals surface area contributed by atoms with Crippen molar-refractivity contribution in [2.45, 2.75) is 45.8 Å². The molecule has 3 aromatic carbocycles. The van der Waals surface area contributed by atoms with E-state index in [4.69, 9.17) is 16.3 Å². The van der Waals surface area contributed by atoms with E-state index in [0.29, 0.717) is 27.8 Å². The van der Waals surface area contributed by atoms with Gasteiger partial charge in [0.15, 0.2) is 0 Å². The molecule has 3 rings (SSSR count). The van der Waals surface area contributed by atoms with Gasteiger partial charge in [-0.05, 0) is 68.3 Å². The van der Waals surface area contributed by atoms with Gasteiger partial charge in [0.05, 0.1) is 11.9 Å². The molecule has 8 nitrogen and oxygen atoms in total. The van der Waals surface area contributed by atoms with Crippen LogP contribution in [0.1, 0.15) is 32.8 Å². The van der Waals surface area contributed by atoms with Crippen LogP contribution in [0, 0.1) is 0 Å². The maximum Gasteiger partial charge on any atom is 0.244 e. The molecule has 10 heteroatoms. The summed E-state index contributed by atoms with van der Waals surface area (Å²) in [4.78, 5) is 28.0. The quantitative estimate of drug-likeness (QED) is 0.321. The smallest absolute Gasteiger partial charge is 0.244 e. The Labute approximate surface area is 235 Å². The standard InChI is InChI=1S/C29H34ClN3O5S/c1-5-21(2)31-29(35)22(3)32(19-23-11-9-10-14-27(23)30)28(34)20-33(39(4,36)37)24-15-17-26(18-16-24)38-25-12-7-6-8-13-25/h6-18,21-22H,5,19-20H2,1-4H3,(H,31,35)/t21-,22+/m0/s1. The minimum atomic E-state index is -3.85. The van der Waals surface area contributed by atoms with Crippen molar-refractivity contribution < 1.29 is 22.7 Å². The minimum Gasteiger partial charge on any atom is -0.457 e. The average molecular weight is 572 g/mol. The van der Waals surface area contributed by atoms with Crippen molar-refractivity contribution in [1.29, 1.82) is 0 Å². The van der Waals surface area contributed by atoms with Crippen molar-refractivity contribution in [3.8, 4) is 11.5 Å². The third-order valence-electron chi connectivity index (χ3n) is 6.25. The zero-order valence-corrected chi connectivity index (χ0v) is 24.1. The van der Waals surface area contributed by atoms with E-state index in [9.17, 15) is 18.0 Å². The number of nitrogens with one attached hydrogen (secondary N) is 1. The molecule has 0 radical (unpaired) electrons. The van der Waals surface area contributed by atoms with Crippen LogP contribution >= 0.6 is 11.6 Å². The van der Waals surface area contributed by atoms with Gasteiger partial charge in [-0.1, -0.05) is 54.9 Å². The molecular weight excluding hydrogens is 538 g/mol. The molecule has 2 amide bonds. The van der Waals surface area contributed by atoms with E-state index in [-0.39, 0.29) is 18.5 Å². The summed E-state index contributed by atoms with van der Waals surface area (Å²) >= 11 is 6.35. The van der Waals surface area contributed by atoms with Crippen LogP contribution in [0.3, 0.4) is 0 Å². The zero-order chi connectivity index (χ0) is 28.6. The lowest BCUT2D eigenvalue weighted by molar-refractivity contribution is -0.139. The lowest BCUT2D eigenvalue weighted by Crippen LogP contribution is -2.52. The molecule has 2 atom stereocenters. The number of carbonyl (C=O) groups is 2. The van der Waals surface area contributed by atoms with Crippen LogP contribution in [0.2, 0.25) is 5.02 Å². The van der Waals surface area contributed by atoms with Gasteiger partial charge in [0.25, 0.3) is 0 Å². The Morgan fingerprint density at radius 2 is 1.51 bits per heavy atom. The van der Waals surface area contributed by atoms with E-state index in [0.717, 1.165) is 17.0 Å². The van der Waals surface area contributed by atoms with E-state index in [1.807, 2.05) is 44.2 Å². The summed E-state index contributed by atoms with van der Waals surface area (Å²) < 4.78 is 32.4. The second kappa shape index (κ2) is 13.5. The molecule has 0 spiro atoms. The molecule has 208 valence electrons. The Hall–Kier alpha value is -3.56. The Balaban J connectivity index is 1.87. The van der Waals surface area contributed by atoms with Crippen LogP contribution in [0.5, 0.6) is 11.5 Å². The van der Waals surface area contributed by atoms with Gasteiger partial charge in [0, 0.05) is 17.6 Å². The number of benzene rings is 3. The lowest BCUT2D eigenvalue weighted by atomic mass is 10.1. The van der Waals surface area contributed by atoms with Crippen LogP contribution in [0.15, 0.2) is 78.9 Å². The van der Waals surface area contributed by atoms with Crippen molar-refractivity contribution in [3.63, 3.8) is 0 Å². The number of para-hydroxylation sites is 1. The summed E-state index contributed by atoms with van der Waals surface area (Å²) in [5, 5.41) is 3.34. The van der Waals surface area contributed by atoms with Gasteiger partial charge in [-0.15, -0.1) is 0 Å². The first-order valence-corrected chi connectivity index (χ1v) is 14.9. The van der Waals surface area contributed by atoms with E-state index < -0.39 is 28.5 Å². The van der Waals surface area contributed by atoms with Crippen molar-refractivity contribution in [2.24, 2.45) is 0 Å². The normalized spacial score (nSPS) is 12.7. The number of hydrogen-bond donors (Lipinski definition) is 1. The highest BCUT2D eigenvalue weighted by Crippen LogP contribution is 2.26. The molecule has 0 saturated heterocycles. The second-order valence-corrected chi connectivity index (χ2v) is 11.6. The number of sulfonamides is 1. The van der Waals surface area contributed by atoms with Gasteiger partial charge in [0.2, 0.25) is 21.8 Å². The largest absolute Gasteiger partial charge is 0.457 e. The number of nitrogens with zero attached hydrogens (tertiary/aromatic N) is 2. The number of amides is 2. The van der Waals surface area contributed by atoms with Gasteiger partial charge < -0.3 is 15.0 Å². The molecule has 1 N–H and O–H groups in total. The molecule has 0 bridgehead atoms. The van der Waals surface area contributed by atoms with Gasteiger partial charge in [-0.3, -0.25) is 13.9 Å². The summed E-state index contributed by atoms with van der Waals surface area (Å²) in [5.41, 5.74) is 0.935. The third kappa shape index (κ3) is 8.46. The zero-order valence-electron chi connectivity index (χ0n) is 22.5. The van der Waals surface area contributed by atoms with Crippen LogP contribution in [-0.2, 0) is 26.2 Å². The molecule has 3 aromatic rings. The Kier molecular flexibility index (Phi) is 10.4. The number of hydrogen-bond acceptors (Lipinski definition) is 5. The van der Waals surface area contributed by atoms with Gasteiger partial charge >= 0.3 is 0 Å². The van der Waals surface area contributed by atoms with Gasteiger partial charge in [-0.25, -0.2) is 8.42 Å². The first kappa shape index (κ1) is 30.0. The number of carbonyl (C=O) groups excluding carboxylic acids is 2. The summed E-state index contributed by atoms with van der Waals surface area (Å²) in [5.74, 6) is 0.274. The van der Waals surface area contributed by atoms with Crippen molar-refractivity contribution in [2.75, 3.05) is 17.1 Å². The predicted octanol–water partition coefficient (Wildman–Crippen LogP) is 5.23.